The molecule has 0 unspecified atom stereocenters. The van der Waals surface area contributed by atoms with Gasteiger partial charge >= 0.3 is 0 Å². The average molecular weight is 409 g/mol. The van der Waals surface area contributed by atoms with Crippen molar-refractivity contribution in [2.45, 2.75) is 33.2 Å². The molecule has 0 fully saturated rings. The van der Waals surface area contributed by atoms with E-state index in [9.17, 15) is 4.79 Å². The first-order chi connectivity index (χ1) is 15.0. The second kappa shape index (κ2) is 7.51. The van der Waals surface area contributed by atoms with Crippen LogP contribution < -0.4 is 5.56 Å². The average Bonchev–Trinajstić information content (AvgIpc) is 3.21. The second-order valence-corrected chi connectivity index (χ2v) is 8.25. The predicted molar refractivity (Wildman–Crippen MR) is 125 cm³/mol. The van der Waals surface area contributed by atoms with Crippen LogP contribution in [0.2, 0.25) is 0 Å². The summed E-state index contributed by atoms with van der Waals surface area (Å²) in [4.78, 5) is 13.6. The molecule has 0 N–H and O–H groups in total. The van der Waals surface area contributed by atoms with Gasteiger partial charge in [-0.15, -0.1) is 0 Å². The van der Waals surface area contributed by atoms with Gasteiger partial charge in [0.05, 0.1) is 24.1 Å². The van der Waals surface area contributed by atoms with E-state index in [1.54, 1.807) is 15.6 Å². The number of aryl methyl sites for hydroxylation is 1. The summed E-state index contributed by atoms with van der Waals surface area (Å²) < 4.78 is 3.36. The summed E-state index contributed by atoms with van der Waals surface area (Å²) in [5.41, 5.74) is 4.38. The zero-order chi connectivity index (χ0) is 21.5. The van der Waals surface area contributed by atoms with Crippen LogP contribution in [0.1, 0.15) is 36.6 Å². The van der Waals surface area contributed by atoms with Crippen LogP contribution in [-0.4, -0.2) is 19.6 Å². The molecule has 5 rings (SSSR count). The highest BCUT2D eigenvalue weighted by molar-refractivity contribution is 5.86. The van der Waals surface area contributed by atoms with E-state index in [1.807, 2.05) is 49.4 Å². The molecule has 0 radical (unpaired) electrons. The fourth-order valence-corrected chi connectivity index (χ4v) is 4.20. The molecule has 2 aromatic heterocycles. The molecule has 5 nitrogen and oxygen atoms in total. The number of hydrogen-bond donors (Lipinski definition) is 0. The van der Waals surface area contributed by atoms with Crippen LogP contribution in [0, 0.1) is 6.92 Å². The lowest BCUT2D eigenvalue weighted by molar-refractivity contribution is 0.614. The smallest absolute Gasteiger partial charge is 0.265 e. The number of aromatic nitrogens is 4. The predicted octanol–water partition coefficient (Wildman–Crippen LogP) is 5.22. The highest BCUT2D eigenvalue weighted by Crippen LogP contribution is 2.25. The Labute approximate surface area is 180 Å². The van der Waals surface area contributed by atoms with Crippen molar-refractivity contribution in [2.24, 2.45) is 0 Å². The van der Waals surface area contributed by atoms with Crippen LogP contribution in [0.3, 0.4) is 0 Å². The summed E-state index contributed by atoms with van der Waals surface area (Å²) in [5.74, 6) is 0.163. The Morgan fingerprint density at radius 1 is 0.903 bits per heavy atom. The number of hydrogen-bond acceptors (Lipinski definition) is 3. The lowest BCUT2D eigenvalue weighted by Gasteiger charge is -2.14. The van der Waals surface area contributed by atoms with Gasteiger partial charge in [0, 0.05) is 5.39 Å². The molecule has 154 valence electrons. The minimum Gasteiger partial charge on any atom is -0.265 e. The molecule has 31 heavy (non-hydrogen) atoms. The van der Waals surface area contributed by atoms with Crippen molar-refractivity contribution in [1.82, 2.24) is 19.6 Å². The molecule has 0 atom stereocenters. The van der Waals surface area contributed by atoms with E-state index in [0.717, 1.165) is 38.7 Å². The first-order valence-electron chi connectivity index (χ1n) is 10.6. The van der Waals surface area contributed by atoms with Gasteiger partial charge < -0.3 is 0 Å². The number of nitrogens with zero attached hydrogens (tertiary/aromatic N) is 4. The first kappa shape index (κ1) is 19.2. The van der Waals surface area contributed by atoms with E-state index in [0.29, 0.717) is 12.1 Å². The van der Waals surface area contributed by atoms with Crippen LogP contribution in [0.15, 0.2) is 77.7 Å². The summed E-state index contributed by atoms with van der Waals surface area (Å²) in [6.45, 7) is 6.63. The molecule has 0 aliphatic heterocycles. The van der Waals surface area contributed by atoms with Gasteiger partial charge in [0.2, 0.25) is 0 Å². The minimum atomic E-state index is -0.131. The molecule has 5 aromatic rings. The van der Waals surface area contributed by atoms with E-state index in [1.165, 1.54) is 0 Å². The Hall–Kier alpha value is -3.73. The zero-order valence-corrected chi connectivity index (χ0v) is 17.9. The molecular formula is C26H24N4O. The normalized spacial score (nSPS) is 11.6. The number of benzene rings is 3. The summed E-state index contributed by atoms with van der Waals surface area (Å²) >= 11 is 0. The maximum Gasteiger partial charge on any atom is 0.293 e. The molecule has 5 heteroatoms. The summed E-state index contributed by atoms with van der Waals surface area (Å²) in [6, 6.07) is 22.4. The number of para-hydroxylation sites is 1. The molecule has 3 aromatic carbocycles. The van der Waals surface area contributed by atoms with Crippen LogP contribution in [-0.2, 0) is 6.54 Å². The van der Waals surface area contributed by atoms with Crippen molar-refractivity contribution in [3.8, 4) is 5.69 Å². The summed E-state index contributed by atoms with van der Waals surface area (Å²) in [5, 5.41) is 12.5. The van der Waals surface area contributed by atoms with E-state index < -0.39 is 0 Å². The molecule has 2 heterocycles. The van der Waals surface area contributed by atoms with Crippen molar-refractivity contribution in [1.29, 1.82) is 0 Å². The van der Waals surface area contributed by atoms with Crippen LogP contribution >= 0.6 is 0 Å². The molecular weight excluding hydrogens is 384 g/mol. The van der Waals surface area contributed by atoms with E-state index >= 15 is 0 Å². The molecule has 0 amide bonds. The van der Waals surface area contributed by atoms with Gasteiger partial charge in [-0.05, 0) is 40.8 Å². The summed E-state index contributed by atoms with van der Waals surface area (Å²) in [7, 11) is 0. The van der Waals surface area contributed by atoms with Crippen molar-refractivity contribution >= 4 is 21.7 Å². The van der Waals surface area contributed by atoms with Gasteiger partial charge in [-0.25, -0.2) is 9.36 Å². The topological polar surface area (TPSA) is 52.7 Å². The Balaban J connectivity index is 1.76. The molecule has 0 bridgehead atoms. The monoisotopic (exact) mass is 408 g/mol. The fourth-order valence-electron chi connectivity index (χ4n) is 4.20. The van der Waals surface area contributed by atoms with Gasteiger partial charge in [0.25, 0.3) is 5.56 Å². The van der Waals surface area contributed by atoms with Gasteiger partial charge in [-0.3, -0.25) is 4.79 Å². The fraction of sp³-hybridized carbons (Fsp3) is 0.192. The Morgan fingerprint density at radius 3 is 2.45 bits per heavy atom. The van der Waals surface area contributed by atoms with E-state index in [2.05, 4.69) is 43.2 Å². The number of rotatable bonds is 4. The standard InChI is InChI=1S/C26H24N4O/c1-17(2)24-22-15-27-30(23-14-7-4-9-18(23)3)25(22)26(31)29(28-24)16-20-12-8-11-19-10-5-6-13-21(19)20/h4-15,17H,16H2,1-3H3. The lowest BCUT2D eigenvalue weighted by Crippen LogP contribution is -2.27. The Morgan fingerprint density at radius 2 is 1.65 bits per heavy atom. The third-order valence-corrected chi connectivity index (χ3v) is 5.80. The third kappa shape index (κ3) is 3.22. The second-order valence-electron chi connectivity index (χ2n) is 8.25. The maximum atomic E-state index is 13.6. The van der Waals surface area contributed by atoms with Gasteiger partial charge in [0.1, 0.15) is 5.52 Å². The van der Waals surface area contributed by atoms with Gasteiger partial charge in [0.15, 0.2) is 0 Å². The third-order valence-electron chi connectivity index (χ3n) is 5.80. The molecule has 0 saturated carbocycles. The van der Waals surface area contributed by atoms with Crippen LogP contribution in [0.5, 0.6) is 0 Å². The van der Waals surface area contributed by atoms with Crippen LogP contribution in [0.4, 0.5) is 0 Å². The Bertz CT molecular complexity index is 1470. The highest BCUT2D eigenvalue weighted by Gasteiger charge is 2.19. The first-order valence-corrected chi connectivity index (χ1v) is 10.6. The van der Waals surface area contributed by atoms with Gasteiger partial charge in [-0.2, -0.15) is 10.2 Å². The van der Waals surface area contributed by atoms with Crippen molar-refractivity contribution in [3.63, 3.8) is 0 Å². The quantitative estimate of drug-likeness (QED) is 0.410. The van der Waals surface area contributed by atoms with E-state index in [4.69, 9.17) is 5.10 Å². The molecule has 0 aliphatic rings. The minimum absolute atomic E-state index is 0.131. The van der Waals surface area contributed by atoms with Gasteiger partial charge in [-0.1, -0.05) is 74.5 Å². The van der Waals surface area contributed by atoms with Crippen LogP contribution in [0.25, 0.3) is 27.4 Å². The van der Waals surface area contributed by atoms with Crippen molar-refractivity contribution < 1.29 is 0 Å². The molecule has 0 spiro atoms. The van der Waals surface area contributed by atoms with Crippen molar-refractivity contribution in [3.05, 3.63) is 100 Å². The summed E-state index contributed by atoms with van der Waals surface area (Å²) in [6.07, 6.45) is 1.77. The maximum absolute atomic E-state index is 13.6. The zero-order valence-electron chi connectivity index (χ0n) is 17.9. The largest absolute Gasteiger partial charge is 0.293 e. The molecule has 0 aliphatic carbocycles. The lowest BCUT2D eigenvalue weighted by atomic mass is 10.0. The number of fused-ring (bicyclic) bond motifs is 2. The highest BCUT2D eigenvalue weighted by atomic mass is 16.1. The van der Waals surface area contributed by atoms with E-state index in [-0.39, 0.29) is 11.5 Å². The van der Waals surface area contributed by atoms with Crippen molar-refractivity contribution in [2.75, 3.05) is 0 Å². The molecule has 0 saturated heterocycles. The Kier molecular flexibility index (Phi) is 4.66. The SMILES string of the molecule is Cc1ccccc1-n1ncc2c(C(C)C)nn(Cc3cccc4ccccc34)c(=O)c21.